The van der Waals surface area contributed by atoms with E-state index in [1.165, 1.54) is 6.26 Å². The van der Waals surface area contributed by atoms with Crippen LogP contribution in [0.4, 0.5) is 0 Å². The molecule has 0 spiro atoms. The van der Waals surface area contributed by atoms with E-state index in [0.717, 1.165) is 32.1 Å². The zero-order valence-electron chi connectivity index (χ0n) is 11.8. The van der Waals surface area contributed by atoms with Crippen LogP contribution in [0.1, 0.15) is 54.6 Å². The lowest BCUT2D eigenvalue weighted by molar-refractivity contribution is -0.140. The first kappa shape index (κ1) is 14.6. The molecule has 0 atom stereocenters. The Bertz CT molecular complexity index is 486. The Morgan fingerprint density at radius 1 is 1.35 bits per heavy atom. The first-order valence-electron chi connectivity index (χ1n) is 7.06. The Balaban J connectivity index is 1.97. The van der Waals surface area contributed by atoms with Crippen LogP contribution in [0.2, 0.25) is 0 Å². The maximum atomic E-state index is 12.0. The van der Waals surface area contributed by atoms with Crippen LogP contribution in [0, 0.1) is 12.3 Å². The summed E-state index contributed by atoms with van der Waals surface area (Å²) < 4.78 is 5.11. The van der Waals surface area contributed by atoms with Crippen molar-refractivity contribution in [2.75, 3.05) is 6.54 Å². The van der Waals surface area contributed by atoms with Crippen molar-refractivity contribution in [1.29, 1.82) is 0 Å². The number of aryl methyl sites for hydroxylation is 1. The number of hydrogen-bond acceptors (Lipinski definition) is 3. The molecule has 2 rings (SSSR count). The summed E-state index contributed by atoms with van der Waals surface area (Å²) in [4.78, 5) is 23.1. The molecule has 0 saturated heterocycles. The number of rotatable bonds is 5. The molecule has 5 heteroatoms. The van der Waals surface area contributed by atoms with Crippen LogP contribution >= 0.6 is 0 Å². The SMILES string of the molecule is Cc1cc(C(=O)NCC2(CC(=O)O)CCCCC2)co1. The fourth-order valence-corrected chi connectivity index (χ4v) is 2.97. The highest BCUT2D eigenvalue weighted by atomic mass is 16.4. The van der Waals surface area contributed by atoms with Crippen molar-refractivity contribution in [3.05, 3.63) is 23.7 Å². The topological polar surface area (TPSA) is 79.5 Å². The van der Waals surface area contributed by atoms with Gasteiger partial charge in [-0.25, -0.2) is 0 Å². The third kappa shape index (κ3) is 3.62. The fourth-order valence-electron chi connectivity index (χ4n) is 2.97. The van der Waals surface area contributed by atoms with Crippen LogP contribution in [0.3, 0.4) is 0 Å². The number of carbonyl (C=O) groups excluding carboxylic acids is 1. The first-order valence-corrected chi connectivity index (χ1v) is 7.06. The lowest BCUT2D eigenvalue weighted by atomic mass is 9.71. The summed E-state index contributed by atoms with van der Waals surface area (Å²) in [5.41, 5.74) is 0.196. The quantitative estimate of drug-likeness (QED) is 0.868. The maximum absolute atomic E-state index is 12.0. The van der Waals surface area contributed by atoms with Gasteiger partial charge in [0.25, 0.3) is 5.91 Å². The van der Waals surface area contributed by atoms with Gasteiger partial charge in [0.1, 0.15) is 12.0 Å². The van der Waals surface area contributed by atoms with E-state index in [1.54, 1.807) is 13.0 Å². The molecule has 0 unspecified atom stereocenters. The molecule has 1 aliphatic carbocycles. The van der Waals surface area contributed by atoms with Crippen LogP contribution < -0.4 is 5.32 Å². The number of carboxylic acid groups (broad SMARTS) is 1. The van der Waals surface area contributed by atoms with Crippen LogP contribution in [0.25, 0.3) is 0 Å². The summed E-state index contributed by atoms with van der Waals surface area (Å²) in [6, 6.07) is 1.68. The van der Waals surface area contributed by atoms with Gasteiger partial charge in [0.2, 0.25) is 0 Å². The van der Waals surface area contributed by atoms with E-state index in [-0.39, 0.29) is 17.7 Å². The molecular weight excluding hydrogens is 258 g/mol. The summed E-state index contributed by atoms with van der Waals surface area (Å²) in [5, 5.41) is 12.0. The van der Waals surface area contributed by atoms with Crippen LogP contribution in [0.5, 0.6) is 0 Å². The molecule has 1 fully saturated rings. The number of furan rings is 1. The zero-order valence-corrected chi connectivity index (χ0v) is 11.8. The van der Waals surface area contributed by atoms with Gasteiger partial charge in [0.05, 0.1) is 12.0 Å². The van der Waals surface area contributed by atoms with Crippen molar-refractivity contribution in [2.24, 2.45) is 5.41 Å². The van der Waals surface area contributed by atoms with E-state index >= 15 is 0 Å². The average molecular weight is 279 g/mol. The Labute approximate surface area is 118 Å². The third-order valence-electron chi connectivity index (χ3n) is 4.06. The lowest BCUT2D eigenvalue weighted by Gasteiger charge is -2.36. The number of carboxylic acids is 1. The van der Waals surface area contributed by atoms with Crippen molar-refractivity contribution in [3.8, 4) is 0 Å². The van der Waals surface area contributed by atoms with Gasteiger partial charge in [-0.3, -0.25) is 9.59 Å². The number of carbonyl (C=O) groups is 2. The minimum atomic E-state index is -0.791. The van der Waals surface area contributed by atoms with Crippen LogP contribution in [-0.4, -0.2) is 23.5 Å². The van der Waals surface area contributed by atoms with Gasteiger partial charge in [-0.2, -0.15) is 0 Å². The first-order chi connectivity index (χ1) is 9.51. The maximum Gasteiger partial charge on any atom is 0.303 e. The van der Waals surface area contributed by atoms with E-state index in [4.69, 9.17) is 9.52 Å². The van der Waals surface area contributed by atoms with Crippen molar-refractivity contribution in [3.63, 3.8) is 0 Å². The largest absolute Gasteiger partial charge is 0.481 e. The van der Waals surface area contributed by atoms with Gasteiger partial charge in [0, 0.05) is 6.54 Å². The fraction of sp³-hybridized carbons (Fsp3) is 0.600. The zero-order chi connectivity index (χ0) is 14.6. The molecule has 0 radical (unpaired) electrons. The molecule has 1 aromatic rings. The molecule has 5 nitrogen and oxygen atoms in total. The van der Waals surface area contributed by atoms with Crippen molar-refractivity contribution >= 4 is 11.9 Å². The molecule has 20 heavy (non-hydrogen) atoms. The highest BCUT2D eigenvalue weighted by Crippen LogP contribution is 2.38. The Hall–Kier alpha value is -1.78. The summed E-state index contributed by atoms with van der Waals surface area (Å²) in [7, 11) is 0. The van der Waals surface area contributed by atoms with Gasteiger partial charge < -0.3 is 14.8 Å². The molecule has 2 N–H and O–H groups in total. The second-order valence-electron chi connectivity index (χ2n) is 5.76. The smallest absolute Gasteiger partial charge is 0.303 e. The summed E-state index contributed by atoms with van der Waals surface area (Å²) in [6.45, 7) is 2.20. The Morgan fingerprint density at radius 3 is 2.60 bits per heavy atom. The van der Waals surface area contributed by atoms with E-state index < -0.39 is 5.97 Å². The van der Waals surface area contributed by atoms with Crippen LogP contribution in [0.15, 0.2) is 16.7 Å². The molecular formula is C15H21NO4. The highest BCUT2D eigenvalue weighted by molar-refractivity contribution is 5.94. The number of nitrogens with one attached hydrogen (secondary N) is 1. The van der Waals surface area contributed by atoms with Gasteiger partial charge in [0.15, 0.2) is 0 Å². The van der Waals surface area contributed by atoms with E-state index in [1.807, 2.05) is 0 Å². The Morgan fingerprint density at radius 2 is 2.05 bits per heavy atom. The minimum absolute atomic E-state index is 0.123. The molecule has 110 valence electrons. The molecule has 0 aromatic carbocycles. The van der Waals surface area contributed by atoms with Crippen molar-refractivity contribution in [1.82, 2.24) is 5.32 Å². The third-order valence-corrected chi connectivity index (χ3v) is 4.06. The summed E-state index contributed by atoms with van der Waals surface area (Å²) >= 11 is 0. The van der Waals surface area contributed by atoms with Crippen LogP contribution in [-0.2, 0) is 4.79 Å². The Kier molecular flexibility index (Phi) is 4.47. The molecule has 0 aliphatic heterocycles. The normalized spacial score (nSPS) is 17.6. The second kappa shape index (κ2) is 6.11. The number of amides is 1. The summed E-state index contributed by atoms with van der Waals surface area (Å²) in [6.07, 6.45) is 6.50. The predicted molar refractivity (Wildman–Crippen MR) is 73.5 cm³/mol. The summed E-state index contributed by atoms with van der Waals surface area (Å²) in [5.74, 6) is -0.300. The average Bonchev–Trinajstić information content (AvgIpc) is 2.83. The molecule has 1 saturated carbocycles. The monoisotopic (exact) mass is 279 g/mol. The standard InChI is InChI=1S/C15H21NO4/c1-11-7-12(9-20-11)14(19)16-10-15(8-13(17)18)5-3-2-4-6-15/h7,9H,2-6,8,10H2,1H3,(H,16,19)(H,17,18). The van der Waals surface area contributed by atoms with E-state index in [2.05, 4.69) is 5.32 Å². The second-order valence-corrected chi connectivity index (χ2v) is 5.76. The van der Waals surface area contributed by atoms with Gasteiger partial charge >= 0.3 is 5.97 Å². The highest BCUT2D eigenvalue weighted by Gasteiger charge is 2.34. The van der Waals surface area contributed by atoms with Gasteiger partial charge in [-0.1, -0.05) is 19.3 Å². The lowest BCUT2D eigenvalue weighted by Crippen LogP contribution is -2.40. The van der Waals surface area contributed by atoms with Crippen molar-refractivity contribution in [2.45, 2.75) is 45.4 Å². The van der Waals surface area contributed by atoms with Crippen molar-refractivity contribution < 1.29 is 19.1 Å². The van der Waals surface area contributed by atoms with Gasteiger partial charge in [-0.15, -0.1) is 0 Å². The number of hydrogen-bond donors (Lipinski definition) is 2. The number of aliphatic carboxylic acids is 1. The molecule has 0 bridgehead atoms. The predicted octanol–water partition coefficient (Wildman–Crippen LogP) is 2.74. The molecule has 1 amide bonds. The molecule has 1 heterocycles. The van der Waals surface area contributed by atoms with E-state index in [9.17, 15) is 9.59 Å². The molecule has 1 aliphatic rings. The van der Waals surface area contributed by atoms with Gasteiger partial charge in [-0.05, 0) is 31.2 Å². The molecule has 1 aromatic heterocycles. The van der Waals surface area contributed by atoms with E-state index in [0.29, 0.717) is 17.9 Å². The minimum Gasteiger partial charge on any atom is -0.481 e.